The Balaban J connectivity index is 0.000000114. The second kappa shape index (κ2) is 40.6. The van der Waals surface area contributed by atoms with Gasteiger partial charge in [0.25, 0.3) is 0 Å². The van der Waals surface area contributed by atoms with Gasteiger partial charge in [0.05, 0.1) is 57.4 Å². The van der Waals surface area contributed by atoms with Crippen LogP contribution in [-0.2, 0) is 40.7 Å². The van der Waals surface area contributed by atoms with Crippen molar-refractivity contribution < 1.29 is 33.8 Å². The van der Waals surface area contributed by atoms with E-state index in [1.165, 1.54) is 323 Å². The lowest BCUT2D eigenvalue weighted by Gasteiger charge is -2.22. The van der Waals surface area contributed by atoms with Gasteiger partial charge in [-0.1, -0.05) is 237 Å². The van der Waals surface area contributed by atoms with Gasteiger partial charge in [-0.05, 0) is 363 Å². The molecule has 6 heterocycles. The van der Waals surface area contributed by atoms with Crippen molar-refractivity contribution in [3.63, 3.8) is 0 Å². The zero-order valence-corrected chi connectivity index (χ0v) is 89.2. The number of hydrogen-bond acceptors (Lipinski definition) is 0. The van der Waals surface area contributed by atoms with E-state index >= 15 is 0 Å². The number of hydrogen-bond donors (Lipinski definition) is 0. The highest BCUT2D eigenvalue weighted by molar-refractivity contribution is 6.11. The minimum atomic E-state index is -2.44. The molecular weight excluding hydrogens is 1730 g/mol. The van der Waals surface area contributed by atoms with E-state index in [4.69, 9.17) is 11.0 Å². The molecule has 5 fully saturated rings. The Morgan fingerprint density at radius 1 is 0.315 bits per heavy atom. The number of pyridine rings is 5. The Labute approximate surface area is 865 Å². The molecule has 6 aliphatic rings. The first kappa shape index (κ1) is 88.2. The smallest absolute Gasteiger partial charge is 0.220 e. The molecule has 0 saturated heterocycles. The molecule has 12 aromatic carbocycles. The molecule has 1 unspecified atom stereocenters. The van der Waals surface area contributed by atoms with Crippen molar-refractivity contribution in [2.24, 2.45) is 35.2 Å². The van der Waals surface area contributed by atoms with Crippen molar-refractivity contribution in [2.75, 3.05) is 0 Å². The van der Waals surface area contributed by atoms with Gasteiger partial charge in [0, 0.05) is 89.9 Å². The largest absolute Gasteiger partial charge is 0.338 e. The highest BCUT2D eigenvalue weighted by Gasteiger charge is 2.38. The molecule has 0 radical (unpaired) electrons. The zero-order valence-electron chi connectivity index (χ0n) is 97.2. The van der Waals surface area contributed by atoms with E-state index in [9.17, 15) is 0 Å². The monoisotopic (exact) mass is 1890 g/mol. The lowest BCUT2D eigenvalue weighted by molar-refractivity contribution is -0.665. The summed E-state index contributed by atoms with van der Waals surface area (Å²) in [5.74, 6) is 1.77. The summed E-state index contributed by atoms with van der Waals surface area (Å²) in [6.45, 7) is 32.0. The zero-order chi connectivity index (χ0) is 107. The van der Waals surface area contributed by atoms with Crippen LogP contribution in [0.2, 0.25) is 0 Å². The van der Waals surface area contributed by atoms with Gasteiger partial charge in [-0.3, -0.25) is 0 Å². The third-order valence-electron chi connectivity index (χ3n) is 34.7. The molecular formula is C137H155N6+5. The van der Waals surface area contributed by atoms with Gasteiger partial charge < -0.3 is 4.57 Å². The van der Waals surface area contributed by atoms with Crippen LogP contribution in [0.3, 0.4) is 0 Å². The summed E-state index contributed by atoms with van der Waals surface area (Å²) in [6, 6.07) is 86.4. The van der Waals surface area contributed by atoms with Crippen molar-refractivity contribution in [1.29, 1.82) is 0 Å². The molecule has 6 heteroatoms. The molecule has 0 amide bonds. The Bertz CT molecular complexity index is 8260. The Kier molecular flexibility index (Phi) is 25.0. The number of aryl methyl sites for hydroxylation is 8. The average Bonchev–Trinajstić information content (AvgIpc) is 1.59. The summed E-state index contributed by atoms with van der Waals surface area (Å²) in [5, 5.41) is 15.2. The van der Waals surface area contributed by atoms with Crippen LogP contribution in [0.25, 0.3) is 143 Å². The average molecular weight is 1890 g/mol. The highest BCUT2D eigenvalue weighted by Crippen LogP contribution is 2.52. The predicted octanol–water partition coefficient (Wildman–Crippen LogP) is 34.5. The normalized spacial score (nSPS) is 16.8. The van der Waals surface area contributed by atoms with Crippen LogP contribution >= 0.6 is 0 Å². The van der Waals surface area contributed by atoms with E-state index in [1.54, 1.807) is 6.07 Å². The van der Waals surface area contributed by atoms with Crippen LogP contribution in [0, 0.1) is 76.2 Å². The van der Waals surface area contributed by atoms with Gasteiger partial charge in [0.2, 0.25) is 28.5 Å². The molecule has 24 rings (SSSR count). The standard InChI is InChI=1S/C32H35N2.C32H34N.C26H32N.C24H28N.C23H26N/c1-20(2)34-30-13-9-8-12-27(30)29-16-21(3)28(19-31(29)34)32-26-15-14-24(23-10-6-7-11-23)18-25(26)17-22(4)33(32)5;1-20-16-28-26-12-8-9-13-29(26)32(3,4)30(28)19-27(20)31-25-15-14-23(22-10-6-7-11-22)18-24(25)17-21(2)33(31)5;1-17(2)23-14-18(3)19(4)25(16-23)26-24-11-10-21(20-8-6-7-9-20)15-22(24)12-13-27(26)5;1-16-13-17(2)18(3)23(14-16)24-22-10-9-20(19-7-5-6-8-19)15-21(22)11-12-25(24)4;1-16-8-4-7-11-21(16)23-22-13-12-19(18-9-5-6-10-18)15-20(22)14-17(2)24(23)3/h8-9,12-20,23H,6-7,10-11H2,1-5H3;8-9,12-19,22H,6-7,10-11H2,1-5H3;10-17,20H,6-9H2,1-5H3;9-15,19H,5-8H2,1-4H3;4,7-8,11-15,18H,5-6,9-10H2,1-3H3/q5*+1/i;;1D3,13D,17D;12D;7D,8D. The van der Waals surface area contributed by atoms with Crippen molar-refractivity contribution in [3.05, 3.63) is 361 Å². The molecule has 18 aromatic rings. The van der Waals surface area contributed by atoms with Crippen LogP contribution < -0.4 is 22.8 Å². The first-order valence-corrected chi connectivity index (χ1v) is 53.9. The van der Waals surface area contributed by atoms with Gasteiger partial charge in [0.1, 0.15) is 38.0 Å². The van der Waals surface area contributed by atoms with Gasteiger partial charge in [0.15, 0.2) is 29.4 Å². The van der Waals surface area contributed by atoms with E-state index in [2.05, 4.69) is 317 Å². The summed E-state index contributed by atoms with van der Waals surface area (Å²) in [4.78, 5) is 0. The van der Waals surface area contributed by atoms with E-state index in [1.807, 2.05) is 74.3 Å². The van der Waals surface area contributed by atoms with Crippen LogP contribution in [0.4, 0.5) is 0 Å². The maximum atomic E-state index is 8.62. The maximum absolute atomic E-state index is 8.62. The van der Waals surface area contributed by atoms with Crippen molar-refractivity contribution in [1.82, 2.24) is 4.57 Å². The minimum absolute atomic E-state index is 0.0161. The Hall–Kier alpha value is -12.5. The fourth-order valence-electron chi connectivity index (χ4n) is 26.0. The molecule has 0 spiro atoms. The topological polar surface area (TPSA) is 24.3 Å². The molecule has 0 aliphatic heterocycles. The van der Waals surface area contributed by atoms with E-state index in [-0.39, 0.29) is 5.41 Å². The van der Waals surface area contributed by atoms with E-state index < -0.39 is 12.7 Å². The first-order chi connectivity index (χ1) is 72.1. The number of benzene rings is 12. The van der Waals surface area contributed by atoms with Gasteiger partial charge in [-0.2, -0.15) is 13.7 Å². The number of aromatic nitrogens is 6. The van der Waals surface area contributed by atoms with E-state index in [0.29, 0.717) is 53.8 Å². The molecule has 6 aliphatic carbocycles. The lowest BCUT2D eigenvalue weighted by atomic mass is 9.81. The van der Waals surface area contributed by atoms with Crippen LogP contribution in [0.15, 0.2) is 255 Å². The summed E-state index contributed by atoms with van der Waals surface area (Å²) in [6.07, 6.45) is 27.5. The number of para-hydroxylation sites is 1. The summed E-state index contributed by atoms with van der Waals surface area (Å²) in [7, 11) is 10.4. The fraction of sp³-hybridized carbons (Fsp3) is 0.365. The summed E-state index contributed by atoms with van der Waals surface area (Å²) >= 11 is 0. The molecule has 5 saturated carbocycles. The predicted molar refractivity (Wildman–Crippen MR) is 606 cm³/mol. The number of fused-ring (bicyclic) bond motifs is 11. The van der Waals surface area contributed by atoms with Crippen molar-refractivity contribution in [2.45, 2.75) is 293 Å². The maximum Gasteiger partial charge on any atom is 0.220 e. The molecule has 0 N–H and O–H groups in total. The molecule has 6 aromatic heterocycles. The van der Waals surface area contributed by atoms with Gasteiger partial charge >= 0.3 is 0 Å². The van der Waals surface area contributed by atoms with Gasteiger partial charge in [-0.25, -0.2) is 9.13 Å². The number of nitrogens with zero attached hydrogens (tertiary/aromatic N) is 6. The first-order valence-electron chi connectivity index (χ1n) is 57.9. The Morgan fingerprint density at radius 3 is 1.17 bits per heavy atom. The van der Waals surface area contributed by atoms with Crippen LogP contribution in [0.5, 0.6) is 0 Å². The molecule has 0 bridgehead atoms. The second-order valence-electron chi connectivity index (χ2n) is 44.6. The number of rotatable bonds is 12. The highest BCUT2D eigenvalue weighted by atomic mass is 15.0. The summed E-state index contributed by atoms with van der Waals surface area (Å²) < 4.78 is 79.1. The molecule has 728 valence electrons. The van der Waals surface area contributed by atoms with Crippen LogP contribution in [0.1, 0.15) is 328 Å². The SMILES string of the molecule is Cc1cc2c(cc1-c1c3ccc(C4CCCC4)cc3cc(C)[n+]1C)C(C)(C)c1ccccc1-2.Cc1cc2c3ccccc3n(C(C)C)c2cc1-c1c2ccc(C3CCCC3)cc2cc(C)[n+]1C.[2H]c1cc([2H])c(C)c(-c2c3ccc(C4CCCC4)cc3cc(C)[n+]2C)c1.[2H]c1cc2cc(C3CCCC3)ccc2c(-c2cc(C([2H])(C)C([2H])([2H])[2H])cc(C)c2C)[n+]1C.[2H]c1cc2cc(C3CCCC3)ccc2c(-c2cc(C)cc(C)c2C)[n+]1C. The molecule has 6 nitrogen and oxygen atoms in total. The van der Waals surface area contributed by atoms with Crippen molar-refractivity contribution >= 4 is 75.7 Å². The minimum Gasteiger partial charge on any atom is -0.338 e. The van der Waals surface area contributed by atoms with Crippen molar-refractivity contribution in [3.8, 4) is 67.4 Å². The van der Waals surface area contributed by atoms with Gasteiger partial charge in [-0.15, -0.1) is 0 Å². The summed E-state index contributed by atoms with van der Waals surface area (Å²) in [5.41, 5.74) is 41.1. The lowest BCUT2D eigenvalue weighted by Crippen LogP contribution is -2.35. The molecule has 143 heavy (non-hydrogen) atoms. The third-order valence-corrected chi connectivity index (χ3v) is 34.7. The third kappa shape index (κ3) is 18.8. The second-order valence-corrected chi connectivity index (χ2v) is 44.6. The van der Waals surface area contributed by atoms with Crippen LogP contribution in [-0.4, -0.2) is 4.57 Å². The Morgan fingerprint density at radius 2 is 0.713 bits per heavy atom. The quantitative estimate of drug-likeness (QED) is 0.109. The van der Waals surface area contributed by atoms with E-state index in [0.717, 1.165) is 67.5 Å². The molecule has 1 atom stereocenters. The fourth-order valence-corrected chi connectivity index (χ4v) is 26.0.